The second kappa shape index (κ2) is 19.8. The first-order valence-corrected chi connectivity index (χ1v) is 14.1. The van der Waals surface area contributed by atoms with Gasteiger partial charge in [0.2, 0.25) is 0 Å². The fourth-order valence-corrected chi connectivity index (χ4v) is 2.53. The summed E-state index contributed by atoms with van der Waals surface area (Å²) in [5.41, 5.74) is 1.42. The van der Waals surface area contributed by atoms with Crippen molar-refractivity contribution in [1.82, 2.24) is 5.32 Å². The van der Waals surface area contributed by atoms with Crippen LogP contribution in [-0.2, 0) is 38.9 Å². The molecule has 0 spiro atoms. The first-order chi connectivity index (χ1) is 14.9. The number of nitrogens with one attached hydrogen (secondary N) is 1. The van der Waals surface area contributed by atoms with Gasteiger partial charge in [-0.25, -0.2) is 0 Å². The van der Waals surface area contributed by atoms with Gasteiger partial charge in [0.25, 0.3) is 0 Å². The second-order valence-electron chi connectivity index (χ2n) is 7.43. The van der Waals surface area contributed by atoms with Crippen LogP contribution in [0.4, 0.5) is 0 Å². The minimum atomic E-state index is -0.556. The maximum atomic E-state index is 12.3. The van der Waals surface area contributed by atoms with Crippen LogP contribution < -0.4 is 5.32 Å². The van der Waals surface area contributed by atoms with E-state index < -0.39 is 17.0 Å². The third-order valence-corrected chi connectivity index (χ3v) is 4.02. The van der Waals surface area contributed by atoms with Crippen LogP contribution in [0, 0.1) is 101 Å². The summed E-state index contributed by atoms with van der Waals surface area (Å²) in [5, 5.41) is 3.14. The molecule has 2 nitrogen and oxygen atoms in total. The Morgan fingerprint density at radius 3 is 1.59 bits per heavy atom. The molecule has 4 aliphatic rings. The molecule has 1 N–H and O–H groups in total. The van der Waals surface area contributed by atoms with Gasteiger partial charge in [-0.2, -0.15) is 0 Å². The van der Waals surface area contributed by atoms with E-state index >= 15 is 0 Å². The summed E-state index contributed by atoms with van der Waals surface area (Å²) in [6, 6.07) is 0.996. The third-order valence-electron chi connectivity index (χ3n) is 4.02. The van der Waals surface area contributed by atoms with Crippen molar-refractivity contribution in [2.24, 2.45) is 5.41 Å². The van der Waals surface area contributed by atoms with Gasteiger partial charge in [0.05, 0.1) is 6.04 Å². The summed E-state index contributed by atoms with van der Waals surface area (Å²) >= 11 is -0.556. The zero-order valence-electron chi connectivity index (χ0n) is 18.4. The SMILES string of the molecule is CC(C)(C)C1=CC=C/C(=C\N[C]2[CH][CH][CH][CH]2)C1=O.[CH]1[CH][CH][CH][CH]1.[CH]1[CH][CH][CH][CH]1.[Cl][Ti][Cl].[Fe+2]. The van der Waals surface area contributed by atoms with Crippen molar-refractivity contribution < 1.29 is 38.9 Å². The molecule has 0 atom stereocenters. The van der Waals surface area contributed by atoms with Crippen LogP contribution in [0.2, 0.25) is 0 Å². The van der Waals surface area contributed by atoms with E-state index in [4.69, 9.17) is 18.6 Å². The van der Waals surface area contributed by atoms with E-state index in [1.54, 1.807) is 6.20 Å². The number of ketones is 1. The fraction of sp³-hybridized carbons (Fsp3) is 0.154. The van der Waals surface area contributed by atoms with Crippen LogP contribution in [0.15, 0.2) is 35.6 Å². The largest absolute Gasteiger partial charge is 2.00 e. The molecule has 0 amide bonds. The third kappa shape index (κ3) is 14.7. The normalized spacial score (nSPS) is 21.2. The van der Waals surface area contributed by atoms with Gasteiger partial charge in [-0.1, -0.05) is 32.9 Å². The Balaban J connectivity index is 0.000000557. The molecule has 3 fully saturated rings. The van der Waals surface area contributed by atoms with Gasteiger partial charge in [0.1, 0.15) is 0 Å². The Kier molecular flexibility index (Phi) is 20.1. The predicted molar refractivity (Wildman–Crippen MR) is 128 cm³/mol. The first-order valence-electron chi connectivity index (χ1n) is 9.81. The van der Waals surface area contributed by atoms with Crippen molar-refractivity contribution in [2.45, 2.75) is 20.8 Å². The molecule has 0 aromatic rings. The molecular formula is C26H28Cl2FeNOTi+2. The Hall–Kier alpha value is 0.504. The summed E-state index contributed by atoms with van der Waals surface area (Å²) < 4.78 is 0. The standard InChI is InChI=1S/C16H18NO.2C5H5.2ClH.Fe.Ti/c1-16(2,3)14-10-6-7-12(15(14)18)11-17-13-8-4-5-9-13;2*1-2-4-5-3-1;;;;/h4-11,17H,1-3H3;2*1-5H;2*1H;;/q;;;;;2*+2/p-2/b12-11+;;;;;;. The van der Waals surface area contributed by atoms with Crippen LogP contribution in [0.25, 0.3) is 0 Å². The quantitative estimate of drug-likeness (QED) is 0.324. The molecular weight excluding hydrogens is 517 g/mol. The number of allylic oxidation sites excluding steroid dienone is 5. The molecule has 0 saturated heterocycles. The number of halogens is 2. The van der Waals surface area contributed by atoms with Crippen molar-refractivity contribution in [3.05, 3.63) is 132 Å². The maximum Gasteiger partial charge on any atom is 2.00 e. The van der Waals surface area contributed by atoms with Gasteiger partial charge >= 0.3 is 52.7 Å². The van der Waals surface area contributed by atoms with Crippen LogP contribution in [0.1, 0.15) is 20.8 Å². The van der Waals surface area contributed by atoms with Crippen LogP contribution in [0.5, 0.6) is 0 Å². The number of hydrogen-bond acceptors (Lipinski definition) is 2. The van der Waals surface area contributed by atoms with Crippen LogP contribution in [0.3, 0.4) is 0 Å². The predicted octanol–water partition coefficient (Wildman–Crippen LogP) is 6.35. The average Bonchev–Trinajstić information content (AvgIpc) is 3.54. The van der Waals surface area contributed by atoms with Gasteiger partial charge in [0, 0.05) is 17.3 Å². The van der Waals surface area contributed by atoms with Crippen molar-refractivity contribution in [1.29, 1.82) is 0 Å². The van der Waals surface area contributed by atoms with Crippen molar-refractivity contribution >= 4 is 24.4 Å². The monoisotopic (exact) mass is 544 g/mol. The number of hydrogen-bond donors (Lipinski definition) is 1. The zero-order valence-corrected chi connectivity index (χ0v) is 22.6. The van der Waals surface area contributed by atoms with Crippen LogP contribution in [-0.4, -0.2) is 5.78 Å². The Bertz CT molecular complexity index is 560. The number of carbonyl (C=O) groups excluding carboxylic acids is 1. The first kappa shape index (κ1) is 32.5. The van der Waals surface area contributed by atoms with E-state index in [-0.39, 0.29) is 28.3 Å². The maximum absolute atomic E-state index is 12.3. The summed E-state index contributed by atoms with van der Waals surface area (Å²) in [5.74, 6) is 0.101. The van der Waals surface area contributed by atoms with Gasteiger partial charge < -0.3 is 5.32 Å². The topological polar surface area (TPSA) is 29.1 Å². The summed E-state index contributed by atoms with van der Waals surface area (Å²) in [6.45, 7) is 6.16. The molecule has 0 aromatic carbocycles. The Morgan fingerprint density at radius 1 is 0.812 bits per heavy atom. The smallest absolute Gasteiger partial charge is 2.00 e. The summed E-state index contributed by atoms with van der Waals surface area (Å²) in [7, 11) is 9.78. The molecule has 0 aromatic heterocycles. The van der Waals surface area contributed by atoms with E-state index in [0.717, 1.165) is 11.6 Å². The summed E-state index contributed by atoms with van der Waals surface area (Å²) in [4.78, 5) is 12.3. The van der Waals surface area contributed by atoms with Crippen molar-refractivity contribution in [2.75, 3.05) is 0 Å². The van der Waals surface area contributed by atoms with E-state index in [1.807, 2.05) is 108 Å². The van der Waals surface area contributed by atoms with E-state index in [1.165, 1.54) is 0 Å². The number of rotatable bonds is 2. The van der Waals surface area contributed by atoms with Crippen molar-refractivity contribution in [3.8, 4) is 0 Å². The molecule has 0 unspecified atom stereocenters. The molecule has 6 heteroatoms. The molecule has 3 saturated carbocycles. The molecule has 4 rings (SSSR count). The summed E-state index contributed by atoms with van der Waals surface area (Å²) in [6.07, 6.45) is 35.3. The van der Waals surface area contributed by atoms with Gasteiger partial charge in [-0.05, 0) is 101 Å². The molecule has 4 aliphatic carbocycles. The zero-order chi connectivity index (χ0) is 23.0. The van der Waals surface area contributed by atoms with Crippen LogP contribution >= 0.6 is 18.6 Å². The number of Topliss-reactive ketones (excluding diaryl/α,β-unsaturated/α-hetero) is 1. The minimum Gasteiger partial charge on any atom is 2.00 e. The molecule has 0 heterocycles. The molecule has 32 heavy (non-hydrogen) atoms. The Morgan fingerprint density at radius 2 is 1.22 bits per heavy atom. The molecule has 167 valence electrons. The molecule has 0 aliphatic heterocycles. The van der Waals surface area contributed by atoms with Gasteiger partial charge in [0.15, 0.2) is 5.78 Å². The fourth-order valence-electron chi connectivity index (χ4n) is 2.53. The van der Waals surface area contributed by atoms with Gasteiger partial charge in [-0.15, -0.1) is 0 Å². The van der Waals surface area contributed by atoms with E-state index in [9.17, 15) is 4.79 Å². The van der Waals surface area contributed by atoms with Crippen molar-refractivity contribution in [3.63, 3.8) is 0 Å². The second-order valence-corrected chi connectivity index (χ2v) is 10.0. The Labute approximate surface area is 225 Å². The van der Waals surface area contributed by atoms with E-state index in [0.29, 0.717) is 5.57 Å². The minimum absolute atomic E-state index is 0. The number of carbonyl (C=O) groups is 1. The average molecular weight is 545 g/mol. The van der Waals surface area contributed by atoms with Gasteiger partial charge in [-0.3, -0.25) is 4.79 Å². The molecule has 0 bridgehead atoms. The molecule has 15 radical (unpaired) electrons. The van der Waals surface area contributed by atoms with E-state index in [2.05, 4.69) is 26.1 Å².